The number of amides is 1. The van der Waals surface area contributed by atoms with E-state index >= 15 is 0 Å². The number of fused-ring (bicyclic) bond motifs is 1. The van der Waals surface area contributed by atoms with Crippen molar-refractivity contribution in [1.29, 1.82) is 0 Å². The topological polar surface area (TPSA) is 101 Å². The molecule has 0 saturated heterocycles. The molecule has 2 N–H and O–H groups in total. The standard InChI is InChI=1S/C19H27N3O4S2/c1-7-26-19(25)15-10(4)14-17(24)21-16(22-18(14)28-15)12(6)27-8-13(23)20-11(5)9(2)3/h9,11-12H,7-8H2,1-6H3,(H,20,23)(H,21,22,24)/t11-,12-/m0/s1. The highest BCUT2D eigenvalue weighted by Crippen LogP contribution is 2.30. The number of carbonyl (C=O) groups is 2. The van der Waals surface area contributed by atoms with Gasteiger partial charge in [0.25, 0.3) is 5.56 Å². The number of ether oxygens (including phenoxy) is 1. The lowest BCUT2D eigenvalue weighted by atomic mass is 10.1. The smallest absolute Gasteiger partial charge is 0.348 e. The van der Waals surface area contributed by atoms with Crippen LogP contribution in [0.2, 0.25) is 0 Å². The van der Waals surface area contributed by atoms with Gasteiger partial charge in [-0.05, 0) is 39.2 Å². The molecule has 0 aliphatic heterocycles. The number of aryl methyl sites for hydroxylation is 1. The van der Waals surface area contributed by atoms with Gasteiger partial charge in [-0.15, -0.1) is 23.1 Å². The molecule has 2 rings (SSSR count). The van der Waals surface area contributed by atoms with Gasteiger partial charge in [0.2, 0.25) is 5.91 Å². The third kappa shape index (κ3) is 5.14. The maximum Gasteiger partial charge on any atom is 0.348 e. The van der Waals surface area contributed by atoms with E-state index in [1.807, 2.05) is 13.8 Å². The second kappa shape index (κ2) is 9.56. The molecule has 0 aromatic carbocycles. The number of thioether (sulfide) groups is 1. The molecule has 2 heterocycles. The number of aromatic nitrogens is 2. The average Bonchev–Trinajstić information content (AvgIpc) is 2.96. The molecule has 0 aliphatic rings. The van der Waals surface area contributed by atoms with Gasteiger partial charge in [0, 0.05) is 6.04 Å². The van der Waals surface area contributed by atoms with Gasteiger partial charge in [-0.3, -0.25) is 9.59 Å². The Balaban J connectivity index is 2.17. The Kier molecular flexibility index (Phi) is 7.65. The molecule has 9 heteroatoms. The van der Waals surface area contributed by atoms with Crippen LogP contribution in [0, 0.1) is 12.8 Å². The zero-order valence-electron chi connectivity index (χ0n) is 17.0. The fraction of sp³-hybridized carbons (Fsp3) is 0.579. The molecule has 1 amide bonds. The van der Waals surface area contributed by atoms with Gasteiger partial charge in [-0.2, -0.15) is 0 Å². The summed E-state index contributed by atoms with van der Waals surface area (Å²) in [5, 5.41) is 3.20. The number of rotatable bonds is 8. The van der Waals surface area contributed by atoms with Crippen molar-refractivity contribution in [3.05, 3.63) is 26.6 Å². The second-order valence-electron chi connectivity index (χ2n) is 6.96. The van der Waals surface area contributed by atoms with E-state index in [9.17, 15) is 14.4 Å². The predicted molar refractivity (Wildman–Crippen MR) is 114 cm³/mol. The van der Waals surface area contributed by atoms with E-state index in [1.165, 1.54) is 11.8 Å². The van der Waals surface area contributed by atoms with Crippen molar-refractivity contribution in [3.63, 3.8) is 0 Å². The minimum atomic E-state index is -0.442. The molecule has 0 saturated carbocycles. The highest BCUT2D eigenvalue weighted by molar-refractivity contribution is 8.00. The molecule has 2 aromatic rings. The summed E-state index contributed by atoms with van der Waals surface area (Å²) in [5.41, 5.74) is 0.302. The Morgan fingerprint density at radius 1 is 1.29 bits per heavy atom. The van der Waals surface area contributed by atoms with Crippen LogP contribution in [-0.2, 0) is 9.53 Å². The van der Waals surface area contributed by atoms with Crippen LogP contribution in [0.25, 0.3) is 10.2 Å². The van der Waals surface area contributed by atoms with Crippen LogP contribution in [0.5, 0.6) is 0 Å². The Hall–Kier alpha value is -1.87. The average molecular weight is 426 g/mol. The summed E-state index contributed by atoms with van der Waals surface area (Å²) in [6.07, 6.45) is 0. The number of thiophene rings is 1. The lowest BCUT2D eigenvalue weighted by Gasteiger charge is -2.18. The van der Waals surface area contributed by atoms with Crippen LogP contribution in [0.3, 0.4) is 0 Å². The summed E-state index contributed by atoms with van der Waals surface area (Å²) in [6.45, 7) is 11.7. The van der Waals surface area contributed by atoms with E-state index < -0.39 is 5.97 Å². The number of carbonyl (C=O) groups excluding carboxylic acids is 2. The van der Waals surface area contributed by atoms with Crippen molar-refractivity contribution < 1.29 is 14.3 Å². The molecule has 2 aromatic heterocycles. The fourth-order valence-electron chi connectivity index (χ4n) is 2.49. The van der Waals surface area contributed by atoms with Gasteiger partial charge in [0.1, 0.15) is 15.5 Å². The molecule has 0 fully saturated rings. The molecular formula is C19H27N3O4S2. The molecule has 28 heavy (non-hydrogen) atoms. The maximum absolute atomic E-state index is 12.5. The molecule has 0 aliphatic carbocycles. The third-order valence-electron chi connectivity index (χ3n) is 4.52. The van der Waals surface area contributed by atoms with Gasteiger partial charge in [-0.25, -0.2) is 9.78 Å². The number of aromatic amines is 1. The lowest BCUT2D eigenvalue weighted by molar-refractivity contribution is -0.119. The molecule has 0 spiro atoms. The van der Waals surface area contributed by atoms with Gasteiger partial charge < -0.3 is 15.0 Å². The highest BCUT2D eigenvalue weighted by Gasteiger charge is 2.22. The largest absolute Gasteiger partial charge is 0.462 e. The number of esters is 1. The SMILES string of the molecule is CCOC(=O)c1sc2nc([C@H](C)SCC(=O)N[C@@H](C)C(C)C)[nH]c(=O)c2c1C. The van der Waals surface area contributed by atoms with E-state index in [0.29, 0.717) is 32.4 Å². The lowest BCUT2D eigenvalue weighted by Crippen LogP contribution is -2.37. The third-order valence-corrected chi connectivity index (χ3v) is 6.84. The second-order valence-corrected chi connectivity index (χ2v) is 9.29. The van der Waals surface area contributed by atoms with Gasteiger partial charge in [0.05, 0.1) is 23.0 Å². The molecule has 2 atom stereocenters. The Morgan fingerprint density at radius 2 is 1.96 bits per heavy atom. The van der Waals surface area contributed by atoms with E-state index in [2.05, 4.69) is 29.1 Å². The number of H-pyrrole nitrogens is 1. The van der Waals surface area contributed by atoms with Crippen LogP contribution >= 0.6 is 23.1 Å². The van der Waals surface area contributed by atoms with Crippen LogP contribution < -0.4 is 10.9 Å². The summed E-state index contributed by atoms with van der Waals surface area (Å²) in [5.74, 6) is 0.643. The van der Waals surface area contributed by atoms with Crippen molar-refractivity contribution in [1.82, 2.24) is 15.3 Å². The fourth-order valence-corrected chi connectivity index (χ4v) is 4.32. The van der Waals surface area contributed by atoms with Gasteiger partial charge in [0.15, 0.2) is 0 Å². The van der Waals surface area contributed by atoms with Crippen LogP contribution in [0.4, 0.5) is 0 Å². The normalized spacial score (nSPS) is 13.5. The Labute approximate surface area is 172 Å². The summed E-state index contributed by atoms with van der Waals surface area (Å²) < 4.78 is 5.05. The van der Waals surface area contributed by atoms with Crippen molar-refractivity contribution in [2.24, 2.45) is 5.92 Å². The Morgan fingerprint density at radius 3 is 2.57 bits per heavy atom. The van der Waals surface area contributed by atoms with Crippen molar-refractivity contribution in [2.75, 3.05) is 12.4 Å². The van der Waals surface area contributed by atoms with Crippen LogP contribution in [-0.4, -0.2) is 40.2 Å². The quantitative estimate of drug-likeness (QED) is 0.629. The van der Waals surface area contributed by atoms with Crippen molar-refractivity contribution >= 4 is 45.2 Å². The van der Waals surface area contributed by atoms with E-state index in [0.717, 1.165) is 11.3 Å². The molecule has 0 unspecified atom stereocenters. The first-order valence-corrected chi connectivity index (χ1v) is 11.1. The number of nitrogens with one attached hydrogen (secondary N) is 2. The number of hydrogen-bond donors (Lipinski definition) is 2. The van der Waals surface area contributed by atoms with Crippen LogP contribution in [0.15, 0.2) is 4.79 Å². The zero-order chi connectivity index (χ0) is 21.0. The first-order chi connectivity index (χ1) is 13.1. The first-order valence-electron chi connectivity index (χ1n) is 9.27. The monoisotopic (exact) mass is 425 g/mol. The minimum absolute atomic E-state index is 0.0435. The summed E-state index contributed by atoms with van der Waals surface area (Å²) in [6, 6.07) is 0.105. The highest BCUT2D eigenvalue weighted by atomic mass is 32.2. The van der Waals surface area contributed by atoms with E-state index in [4.69, 9.17) is 4.74 Å². The first kappa shape index (κ1) is 22.4. The molecule has 0 bridgehead atoms. The summed E-state index contributed by atoms with van der Waals surface area (Å²) >= 11 is 2.56. The number of hydrogen-bond acceptors (Lipinski definition) is 7. The van der Waals surface area contributed by atoms with Crippen molar-refractivity contribution in [3.8, 4) is 0 Å². The number of nitrogens with zero attached hydrogens (tertiary/aromatic N) is 1. The van der Waals surface area contributed by atoms with E-state index in [1.54, 1.807) is 13.8 Å². The molecular weight excluding hydrogens is 398 g/mol. The summed E-state index contributed by atoms with van der Waals surface area (Å²) in [7, 11) is 0. The van der Waals surface area contributed by atoms with Crippen LogP contribution in [0.1, 0.15) is 60.9 Å². The minimum Gasteiger partial charge on any atom is -0.462 e. The Bertz CT molecular complexity index is 920. The summed E-state index contributed by atoms with van der Waals surface area (Å²) in [4.78, 5) is 44.9. The molecule has 0 radical (unpaired) electrons. The molecule has 7 nitrogen and oxygen atoms in total. The van der Waals surface area contributed by atoms with Gasteiger partial charge in [-0.1, -0.05) is 13.8 Å². The predicted octanol–water partition coefficient (Wildman–Crippen LogP) is 3.42. The maximum atomic E-state index is 12.5. The zero-order valence-corrected chi connectivity index (χ0v) is 18.7. The van der Waals surface area contributed by atoms with Crippen molar-refractivity contribution in [2.45, 2.75) is 52.8 Å². The van der Waals surface area contributed by atoms with E-state index in [-0.39, 0.29) is 35.1 Å². The van der Waals surface area contributed by atoms with Gasteiger partial charge >= 0.3 is 5.97 Å². The molecule has 154 valence electrons.